The number of carboxylic acid groups (broad SMARTS) is 1. The molecule has 0 aliphatic rings. The van der Waals surface area contributed by atoms with E-state index in [-0.39, 0.29) is 5.69 Å². The number of rotatable bonds is 2. The Balaban J connectivity index is 3.19. The van der Waals surface area contributed by atoms with Gasteiger partial charge in [0.05, 0.1) is 0 Å². The van der Waals surface area contributed by atoms with Crippen LogP contribution in [0.1, 0.15) is 10.5 Å². The molecule has 0 aromatic carbocycles. The average molecular weight is 246 g/mol. The fourth-order valence-electron chi connectivity index (χ4n) is 0.715. The second-order valence-electron chi connectivity index (χ2n) is 2.58. The van der Waals surface area contributed by atoms with Crippen molar-refractivity contribution in [1.82, 2.24) is 9.97 Å². The molecular weight excluding hydrogens is 238 g/mol. The summed E-state index contributed by atoms with van der Waals surface area (Å²) in [6, 6.07) is 1.36. The van der Waals surface area contributed by atoms with Gasteiger partial charge in [-0.05, 0) is 15.9 Å². The SMILES string of the molecule is CN(C)c1nc(Br)cc(C(=O)O)n1. The number of aromatic nitrogens is 2. The van der Waals surface area contributed by atoms with Crippen molar-refractivity contribution in [2.75, 3.05) is 19.0 Å². The average Bonchev–Trinajstić information content (AvgIpc) is 2.03. The lowest BCUT2D eigenvalue weighted by atomic mass is 10.4. The Labute approximate surface area is 83.5 Å². The molecule has 0 bridgehead atoms. The first kappa shape index (κ1) is 9.91. The molecule has 0 aliphatic carbocycles. The Bertz CT molecular complexity index is 341. The topological polar surface area (TPSA) is 66.3 Å². The van der Waals surface area contributed by atoms with Gasteiger partial charge in [0.2, 0.25) is 5.95 Å². The molecule has 0 atom stereocenters. The van der Waals surface area contributed by atoms with E-state index in [1.807, 2.05) is 0 Å². The summed E-state index contributed by atoms with van der Waals surface area (Å²) in [5.41, 5.74) is -0.0226. The Kier molecular flexibility index (Phi) is 2.82. The van der Waals surface area contributed by atoms with Crippen molar-refractivity contribution in [3.05, 3.63) is 16.4 Å². The molecule has 1 rings (SSSR count). The minimum atomic E-state index is -1.06. The molecule has 0 amide bonds. The maximum atomic E-state index is 10.6. The summed E-state index contributed by atoms with van der Waals surface area (Å²) in [6.07, 6.45) is 0. The quantitative estimate of drug-likeness (QED) is 0.788. The summed E-state index contributed by atoms with van der Waals surface area (Å²) in [4.78, 5) is 20.0. The molecule has 1 N–H and O–H groups in total. The molecule has 0 radical (unpaired) electrons. The molecule has 13 heavy (non-hydrogen) atoms. The summed E-state index contributed by atoms with van der Waals surface area (Å²) < 4.78 is 0.462. The minimum Gasteiger partial charge on any atom is -0.477 e. The Morgan fingerprint density at radius 1 is 1.54 bits per heavy atom. The van der Waals surface area contributed by atoms with Gasteiger partial charge in [0.1, 0.15) is 4.60 Å². The summed E-state index contributed by atoms with van der Waals surface area (Å²) in [5, 5.41) is 8.69. The number of nitrogens with zero attached hydrogens (tertiary/aromatic N) is 3. The first-order valence-corrected chi connectivity index (χ1v) is 4.25. The lowest BCUT2D eigenvalue weighted by Crippen LogP contribution is -2.15. The second kappa shape index (κ2) is 3.69. The van der Waals surface area contributed by atoms with Gasteiger partial charge in [-0.15, -0.1) is 0 Å². The predicted octanol–water partition coefficient (Wildman–Crippen LogP) is 1.00. The van der Waals surface area contributed by atoms with Gasteiger partial charge in [-0.1, -0.05) is 0 Å². The van der Waals surface area contributed by atoms with E-state index in [0.29, 0.717) is 10.6 Å². The van der Waals surface area contributed by atoms with Crippen LogP contribution >= 0.6 is 15.9 Å². The lowest BCUT2D eigenvalue weighted by molar-refractivity contribution is 0.0690. The molecule has 1 heterocycles. The van der Waals surface area contributed by atoms with Gasteiger partial charge in [0, 0.05) is 20.2 Å². The number of hydrogen-bond donors (Lipinski definition) is 1. The first-order chi connectivity index (χ1) is 6.00. The van der Waals surface area contributed by atoms with Crippen LogP contribution in [0, 0.1) is 0 Å². The van der Waals surface area contributed by atoms with Crippen LogP contribution in [-0.2, 0) is 0 Å². The third-order valence-corrected chi connectivity index (χ3v) is 1.71. The van der Waals surface area contributed by atoms with Crippen molar-refractivity contribution in [3.8, 4) is 0 Å². The third-order valence-electron chi connectivity index (χ3n) is 1.30. The number of aromatic carboxylic acids is 1. The van der Waals surface area contributed by atoms with Crippen LogP contribution in [0.2, 0.25) is 0 Å². The molecule has 0 saturated carbocycles. The Morgan fingerprint density at radius 2 is 2.15 bits per heavy atom. The van der Waals surface area contributed by atoms with Crippen LogP contribution < -0.4 is 4.90 Å². The van der Waals surface area contributed by atoms with E-state index in [4.69, 9.17) is 5.11 Å². The molecule has 5 nitrogen and oxygen atoms in total. The van der Waals surface area contributed by atoms with Gasteiger partial charge in [-0.2, -0.15) is 0 Å². The highest BCUT2D eigenvalue weighted by Crippen LogP contribution is 2.12. The van der Waals surface area contributed by atoms with Crippen molar-refractivity contribution < 1.29 is 9.90 Å². The van der Waals surface area contributed by atoms with Gasteiger partial charge < -0.3 is 10.0 Å². The van der Waals surface area contributed by atoms with Gasteiger partial charge in [-0.25, -0.2) is 14.8 Å². The first-order valence-electron chi connectivity index (χ1n) is 3.46. The molecule has 0 spiro atoms. The Morgan fingerprint density at radius 3 is 2.62 bits per heavy atom. The van der Waals surface area contributed by atoms with Crippen LogP contribution in [0.3, 0.4) is 0 Å². The molecule has 0 saturated heterocycles. The summed E-state index contributed by atoms with van der Waals surface area (Å²) >= 11 is 3.11. The normalized spacial score (nSPS) is 9.77. The van der Waals surface area contributed by atoms with E-state index in [0.717, 1.165) is 0 Å². The molecule has 6 heteroatoms. The molecule has 0 unspecified atom stereocenters. The monoisotopic (exact) mass is 245 g/mol. The van der Waals surface area contributed by atoms with E-state index < -0.39 is 5.97 Å². The molecular formula is C7H8BrN3O2. The maximum absolute atomic E-state index is 10.6. The molecule has 0 aliphatic heterocycles. The zero-order chi connectivity index (χ0) is 10.0. The van der Waals surface area contributed by atoms with Crippen molar-refractivity contribution in [2.45, 2.75) is 0 Å². The van der Waals surface area contributed by atoms with Gasteiger partial charge in [-0.3, -0.25) is 0 Å². The van der Waals surface area contributed by atoms with Crippen LogP contribution in [0.4, 0.5) is 5.95 Å². The van der Waals surface area contributed by atoms with Crippen molar-refractivity contribution in [3.63, 3.8) is 0 Å². The highest BCUT2D eigenvalue weighted by Gasteiger charge is 2.09. The Hall–Kier alpha value is -1.17. The van der Waals surface area contributed by atoms with Crippen LogP contribution in [0.5, 0.6) is 0 Å². The second-order valence-corrected chi connectivity index (χ2v) is 3.39. The van der Waals surface area contributed by atoms with E-state index >= 15 is 0 Å². The van der Waals surface area contributed by atoms with Gasteiger partial charge >= 0.3 is 5.97 Å². The van der Waals surface area contributed by atoms with Crippen molar-refractivity contribution in [2.24, 2.45) is 0 Å². The number of carboxylic acids is 1. The molecule has 0 fully saturated rings. The van der Waals surface area contributed by atoms with E-state index in [2.05, 4.69) is 25.9 Å². The standard InChI is InChI=1S/C7H8BrN3O2/c1-11(2)7-9-4(6(12)13)3-5(8)10-7/h3H,1-2H3,(H,12,13). The predicted molar refractivity (Wildman–Crippen MR) is 51.0 cm³/mol. The van der Waals surface area contributed by atoms with Crippen LogP contribution in [-0.4, -0.2) is 35.1 Å². The fraction of sp³-hybridized carbons (Fsp3) is 0.286. The highest BCUT2D eigenvalue weighted by atomic mass is 79.9. The fourth-order valence-corrected chi connectivity index (χ4v) is 1.09. The summed E-state index contributed by atoms with van der Waals surface area (Å²) in [5.74, 6) is -0.696. The van der Waals surface area contributed by atoms with Gasteiger partial charge in [0.15, 0.2) is 5.69 Å². The highest BCUT2D eigenvalue weighted by molar-refractivity contribution is 9.10. The summed E-state index contributed by atoms with van der Waals surface area (Å²) in [7, 11) is 3.49. The number of halogens is 1. The van der Waals surface area contributed by atoms with E-state index in [9.17, 15) is 4.79 Å². The molecule has 70 valence electrons. The number of carbonyl (C=O) groups is 1. The maximum Gasteiger partial charge on any atom is 0.354 e. The minimum absolute atomic E-state index is 0.0226. The number of anilines is 1. The molecule has 1 aromatic heterocycles. The van der Waals surface area contributed by atoms with Crippen LogP contribution in [0.15, 0.2) is 10.7 Å². The van der Waals surface area contributed by atoms with Crippen LogP contribution in [0.25, 0.3) is 0 Å². The smallest absolute Gasteiger partial charge is 0.354 e. The zero-order valence-corrected chi connectivity index (χ0v) is 8.74. The zero-order valence-electron chi connectivity index (χ0n) is 7.15. The number of hydrogen-bond acceptors (Lipinski definition) is 4. The molecule has 1 aromatic rings. The summed E-state index contributed by atoms with van der Waals surface area (Å²) in [6.45, 7) is 0. The van der Waals surface area contributed by atoms with E-state index in [1.165, 1.54) is 6.07 Å². The van der Waals surface area contributed by atoms with E-state index in [1.54, 1.807) is 19.0 Å². The van der Waals surface area contributed by atoms with Crippen molar-refractivity contribution >= 4 is 27.8 Å². The van der Waals surface area contributed by atoms with Crippen molar-refractivity contribution in [1.29, 1.82) is 0 Å². The third kappa shape index (κ3) is 2.38. The van der Waals surface area contributed by atoms with Gasteiger partial charge in [0.25, 0.3) is 0 Å². The lowest BCUT2D eigenvalue weighted by Gasteiger charge is -2.10. The largest absolute Gasteiger partial charge is 0.477 e.